The van der Waals surface area contributed by atoms with E-state index in [2.05, 4.69) is 40.6 Å². The molecule has 8 heteroatoms. The molecule has 0 aliphatic carbocycles. The van der Waals surface area contributed by atoms with Gasteiger partial charge in [0.2, 0.25) is 0 Å². The van der Waals surface area contributed by atoms with Gasteiger partial charge in [0, 0.05) is 56.2 Å². The SMILES string of the molecule is COc1cccc(-c2ccc(C(=O)N3Cc4ccc(C(=O)N5CCN(CCN(C)C)CC5)n4Cc4ccccc43)cc2C)c1. The fraction of sp³-hybridized carbons (Fsp3) is 0.333. The summed E-state index contributed by atoms with van der Waals surface area (Å²) in [6.45, 7) is 8.20. The van der Waals surface area contributed by atoms with E-state index in [4.69, 9.17) is 4.74 Å². The van der Waals surface area contributed by atoms with E-state index in [1.807, 2.05) is 83.5 Å². The van der Waals surface area contributed by atoms with Gasteiger partial charge in [-0.15, -0.1) is 0 Å². The van der Waals surface area contributed by atoms with Crippen molar-refractivity contribution in [1.82, 2.24) is 19.3 Å². The molecule has 4 aromatic rings. The maximum atomic E-state index is 14.2. The van der Waals surface area contributed by atoms with Crippen molar-refractivity contribution in [3.05, 3.63) is 107 Å². The second kappa shape index (κ2) is 12.7. The lowest BCUT2D eigenvalue weighted by molar-refractivity contribution is 0.0619. The summed E-state index contributed by atoms with van der Waals surface area (Å²) in [4.78, 5) is 36.4. The molecule has 2 aliphatic heterocycles. The molecular formula is C36H41N5O3. The normalized spacial score (nSPS) is 15.1. The molecule has 0 unspecified atom stereocenters. The number of carbonyl (C=O) groups is 2. The van der Waals surface area contributed by atoms with Gasteiger partial charge in [-0.3, -0.25) is 14.5 Å². The molecule has 1 saturated heterocycles. The van der Waals surface area contributed by atoms with Crippen LogP contribution in [0.5, 0.6) is 5.75 Å². The second-order valence-corrected chi connectivity index (χ2v) is 12.0. The van der Waals surface area contributed by atoms with E-state index in [0.717, 1.165) is 78.7 Å². The number of carbonyl (C=O) groups excluding carboxylic acids is 2. The van der Waals surface area contributed by atoms with E-state index in [9.17, 15) is 9.59 Å². The summed E-state index contributed by atoms with van der Waals surface area (Å²) in [5.41, 5.74) is 7.29. The minimum absolute atomic E-state index is 0.0597. The number of para-hydroxylation sites is 1. The Morgan fingerprint density at radius 2 is 1.64 bits per heavy atom. The summed E-state index contributed by atoms with van der Waals surface area (Å²) >= 11 is 0. The molecule has 228 valence electrons. The molecule has 1 aromatic heterocycles. The highest BCUT2D eigenvalue weighted by Gasteiger charge is 2.30. The van der Waals surface area contributed by atoms with Gasteiger partial charge in [-0.1, -0.05) is 36.4 Å². The molecule has 0 N–H and O–H groups in total. The number of methoxy groups -OCH3 is 1. The standard InChI is InChI=1S/C36H41N5O3/c1-26-22-28(12-14-32(26)27-9-7-10-31(23-27)44-4)35(42)41-25-30-13-15-34(40(30)24-29-8-5-6-11-33(29)41)36(43)39-20-18-38(19-21-39)17-16-37(2)3/h5-15,22-23H,16-21,24-25H2,1-4H3. The van der Waals surface area contributed by atoms with Crippen molar-refractivity contribution in [2.75, 3.05) is 65.4 Å². The van der Waals surface area contributed by atoms with Crippen LogP contribution in [0.2, 0.25) is 0 Å². The third kappa shape index (κ3) is 6.00. The van der Waals surface area contributed by atoms with Gasteiger partial charge < -0.3 is 24.0 Å². The molecule has 8 nitrogen and oxygen atoms in total. The van der Waals surface area contributed by atoms with Gasteiger partial charge in [-0.2, -0.15) is 0 Å². The van der Waals surface area contributed by atoms with Crippen molar-refractivity contribution in [1.29, 1.82) is 0 Å². The fourth-order valence-corrected chi connectivity index (χ4v) is 6.27. The van der Waals surface area contributed by atoms with Crippen LogP contribution < -0.4 is 9.64 Å². The van der Waals surface area contributed by atoms with Crippen molar-refractivity contribution >= 4 is 17.5 Å². The van der Waals surface area contributed by atoms with E-state index in [1.165, 1.54) is 0 Å². The molecule has 0 bridgehead atoms. The van der Waals surface area contributed by atoms with Crippen molar-refractivity contribution in [3.63, 3.8) is 0 Å². The Kier molecular flexibility index (Phi) is 8.55. The maximum Gasteiger partial charge on any atom is 0.270 e. The Morgan fingerprint density at radius 1 is 0.841 bits per heavy atom. The number of amides is 2. The summed E-state index contributed by atoms with van der Waals surface area (Å²) < 4.78 is 7.51. The number of nitrogens with zero attached hydrogens (tertiary/aromatic N) is 5. The molecule has 0 radical (unpaired) electrons. The lowest BCUT2D eigenvalue weighted by Crippen LogP contribution is -2.50. The monoisotopic (exact) mass is 591 g/mol. The summed E-state index contributed by atoms with van der Waals surface area (Å²) in [5, 5.41) is 0. The number of anilines is 1. The van der Waals surface area contributed by atoms with Crippen LogP contribution in [0.1, 0.15) is 37.7 Å². The van der Waals surface area contributed by atoms with Crippen molar-refractivity contribution < 1.29 is 14.3 Å². The smallest absolute Gasteiger partial charge is 0.270 e. The molecule has 0 atom stereocenters. The van der Waals surface area contributed by atoms with Gasteiger partial charge in [-0.05, 0) is 85.7 Å². The number of hydrogen-bond acceptors (Lipinski definition) is 5. The Labute approximate surface area is 260 Å². The first kappa shape index (κ1) is 29.7. The molecule has 0 spiro atoms. The molecule has 0 saturated carbocycles. The average molecular weight is 592 g/mol. The molecule has 2 aliphatic rings. The van der Waals surface area contributed by atoms with Crippen molar-refractivity contribution in [2.45, 2.75) is 20.0 Å². The topological polar surface area (TPSA) is 61.3 Å². The summed E-state index contributed by atoms with van der Waals surface area (Å²) in [6.07, 6.45) is 0. The third-order valence-corrected chi connectivity index (χ3v) is 8.84. The lowest BCUT2D eigenvalue weighted by Gasteiger charge is -2.35. The van der Waals surface area contributed by atoms with Crippen LogP contribution in [-0.4, -0.2) is 91.6 Å². The van der Waals surface area contributed by atoms with E-state index in [1.54, 1.807) is 7.11 Å². The first-order valence-corrected chi connectivity index (χ1v) is 15.3. The van der Waals surface area contributed by atoms with E-state index >= 15 is 0 Å². The van der Waals surface area contributed by atoms with Crippen LogP contribution in [0, 0.1) is 6.92 Å². The van der Waals surface area contributed by atoms with Gasteiger partial charge in [0.15, 0.2) is 0 Å². The predicted octanol–water partition coefficient (Wildman–Crippen LogP) is 5.00. The number of aromatic nitrogens is 1. The van der Waals surface area contributed by atoms with Crippen LogP contribution in [0.15, 0.2) is 78.9 Å². The van der Waals surface area contributed by atoms with Gasteiger partial charge in [-0.25, -0.2) is 0 Å². The van der Waals surface area contributed by atoms with Crippen molar-refractivity contribution in [3.8, 4) is 16.9 Å². The summed E-state index contributed by atoms with van der Waals surface area (Å²) in [6, 6.07) is 25.8. The molecule has 3 heterocycles. The van der Waals surface area contributed by atoms with Gasteiger partial charge in [0.1, 0.15) is 11.4 Å². The first-order chi connectivity index (χ1) is 21.3. The Morgan fingerprint density at radius 3 is 2.39 bits per heavy atom. The van der Waals surface area contributed by atoms with Crippen LogP contribution in [0.3, 0.4) is 0 Å². The zero-order chi connectivity index (χ0) is 30.8. The maximum absolute atomic E-state index is 14.2. The summed E-state index contributed by atoms with van der Waals surface area (Å²) in [7, 11) is 5.84. The van der Waals surface area contributed by atoms with Crippen molar-refractivity contribution in [2.24, 2.45) is 0 Å². The van der Waals surface area contributed by atoms with E-state index < -0.39 is 0 Å². The highest BCUT2D eigenvalue weighted by Crippen LogP contribution is 2.32. The molecule has 1 fully saturated rings. The van der Waals surface area contributed by atoms with Gasteiger partial charge in [0.05, 0.1) is 20.2 Å². The zero-order valence-corrected chi connectivity index (χ0v) is 26.1. The molecule has 44 heavy (non-hydrogen) atoms. The van der Waals surface area contributed by atoms with Crippen LogP contribution >= 0.6 is 0 Å². The minimum atomic E-state index is -0.0610. The molecule has 3 aromatic carbocycles. The second-order valence-electron chi connectivity index (χ2n) is 12.0. The number of rotatable bonds is 7. The van der Waals surface area contributed by atoms with Gasteiger partial charge >= 0.3 is 0 Å². The highest BCUT2D eigenvalue weighted by molar-refractivity contribution is 6.07. The predicted molar refractivity (Wildman–Crippen MR) is 175 cm³/mol. The van der Waals surface area contributed by atoms with Gasteiger partial charge in [0.25, 0.3) is 11.8 Å². The van der Waals surface area contributed by atoms with Crippen LogP contribution in [0.4, 0.5) is 5.69 Å². The number of benzene rings is 3. The quantitative estimate of drug-likeness (QED) is 0.303. The van der Waals surface area contributed by atoms with E-state index in [0.29, 0.717) is 24.3 Å². The number of hydrogen-bond donors (Lipinski definition) is 0. The molecular weight excluding hydrogens is 550 g/mol. The zero-order valence-electron chi connectivity index (χ0n) is 26.1. The first-order valence-electron chi connectivity index (χ1n) is 15.3. The largest absolute Gasteiger partial charge is 0.497 e. The Hall–Kier alpha value is -4.40. The average Bonchev–Trinajstić information content (AvgIpc) is 3.36. The highest BCUT2D eigenvalue weighted by atomic mass is 16.5. The number of aryl methyl sites for hydroxylation is 1. The number of piperazine rings is 1. The third-order valence-electron chi connectivity index (χ3n) is 8.84. The molecule has 2 amide bonds. The van der Waals surface area contributed by atoms with Crippen LogP contribution in [0.25, 0.3) is 11.1 Å². The lowest BCUT2D eigenvalue weighted by atomic mass is 9.97. The molecule has 6 rings (SSSR count). The Balaban J connectivity index is 1.24. The number of ether oxygens (including phenoxy) is 1. The summed E-state index contributed by atoms with van der Waals surface area (Å²) in [5.74, 6) is 0.796. The Bertz CT molecular complexity index is 1670. The number of likely N-dealkylation sites (N-methyl/N-ethyl adjacent to an activating group) is 1. The number of fused-ring (bicyclic) bond motifs is 2. The van der Waals surface area contributed by atoms with E-state index in [-0.39, 0.29) is 11.8 Å². The van der Waals surface area contributed by atoms with Crippen LogP contribution in [-0.2, 0) is 13.1 Å². The fourth-order valence-electron chi connectivity index (χ4n) is 6.27. The minimum Gasteiger partial charge on any atom is -0.497 e.